The number of carboxylic acid groups (broad SMARTS) is 1. The van der Waals surface area contributed by atoms with Crippen molar-refractivity contribution in [2.24, 2.45) is 17.8 Å². The van der Waals surface area contributed by atoms with E-state index in [1.165, 1.54) is 5.56 Å². The van der Waals surface area contributed by atoms with Crippen molar-refractivity contribution >= 4 is 11.9 Å². The Hall–Kier alpha value is -1.84. The van der Waals surface area contributed by atoms with E-state index in [4.69, 9.17) is 0 Å². The number of aliphatic carboxylic acids is 1. The average Bonchev–Trinajstić information content (AvgIpc) is 3.26. The lowest BCUT2D eigenvalue weighted by Crippen LogP contribution is -2.45. The van der Waals surface area contributed by atoms with E-state index in [2.05, 4.69) is 12.1 Å². The third-order valence-corrected chi connectivity index (χ3v) is 4.95. The van der Waals surface area contributed by atoms with Gasteiger partial charge in [-0.3, -0.25) is 9.59 Å². The summed E-state index contributed by atoms with van der Waals surface area (Å²) in [6.45, 7) is 3.10. The maximum atomic E-state index is 12.5. The van der Waals surface area contributed by atoms with Crippen LogP contribution in [-0.4, -0.2) is 35.0 Å². The SMILES string of the molecule is CC1CC(C(=O)O)CN(C(=O)C[C@@H]2C[C@H]2c2ccccc2)C1. The van der Waals surface area contributed by atoms with Crippen LogP contribution in [0.15, 0.2) is 30.3 Å². The molecule has 1 amide bonds. The molecule has 0 spiro atoms. The van der Waals surface area contributed by atoms with Crippen LogP contribution < -0.4 is 0 Å². The minimum atomic E-state index is -0.780. The molecule has 22 heavy (non-hydrogen) atoms. The van der Waals surface area contributed by atoms with Crippen molar-refractivity contribution < 1.29 is 14.7 Å². The lowest BCUT2D eigenvalue weighted by Gasteiger charge is -2.34. The van der Waals surface area contributed by atoms with Gasteiger partial charge >= 0.3 is 5.97 Å². The van der Waals surface area contributed by atoms with Crippen LogP contribution in [0.5, 0.6) is 0 Å². The largest absolute Gasteiger partial charge is 0.481 e. The zero-order chi connectivity index (χ0) is 15.7. The molecule has 1 aromatic rings. The second-order valence-corrected chi connectivity index (χ2v) is 6.89. The van der Waals surface area contributed by atoms with E-state index >= 15 is 0 Å². The summed E-state index contributed by atoms with van der Waals surface area (Å²) in [5.74, 6) is 0.136. The Kier molecular flexibility index (Phi) is 4.19. The van der Waals surface area contributed by atoms with Crippen molar-refractivity contribution in [3.63, 3.8) is 0 Å². The Bertz CT molecular complexity index is 557. The van der Waals surface area contributed by atoms with Gasteiger partial charge < -0.3 is 10.0 Å². The number of nitrogens with zero attached hydrogens (tertiary/aromatic N) is 1. The number of hydrogen-bond donors (Lipinski definition) is 1. The summed E-state index contributed by atoms with van der Waals surface area (Å²) in [4.78, 5) is 25.4. The molecule has 0 bridgehead atoms. The molecule has 2 fully saturated rings. The topological polar surface area (TPSA) is 57.6 Å². The van der Waals surface area contributed by atoms with Crippen LogP contribution in [-0.2, 0) is 9.59 Å². The van der Waals surface area contributed by atoms with Crippen LogP contribution in [0.2, 0.25) is 0 Å². The molecule has 1 saturated heterocycles. The van der Waals surface area contributed by atoms with Crippen molar-refractivity contribution in [1.82, 2.24) is 4.90 Å². The van der Waals surface area contributed by atoms with E-state index in [-0.39, 0.29) is 11.8 Å². The Morgan fingerprint density at radius 3 is 2.59 bits per heavy atom. The summed E-state index contributed by atoms with van der Waals surface area (Å²) < 4.78 is 0. The summed E-state index contributed by atoms with van der Waals surface area (Å²) in [6, 6.07) is 10.3. The van der Waals surface area contributed by atoms with Gasteiger partial charge in [0.15, 0.2) is 0 Å². The average molecular weight is 301 g/mol. The molecule has 118 valence electrons. The number of likely N-dealkylation sites (tertiary alicyclic amines) is 1. The number of amides is 1. The van der Waals surface area contributed by atoms with Gasteiger partial charge in [-0.15, -0.1) is 0 Å². The molecule has 1 aromatic carbocycles. The molecule has 0 radical (unpaired) electrons. The number of piperidine rings is 1. The van der Waals surface area contributed by atoms with Crippen molar-refractivity contribution in [3.8, 4) is 0 Å². The van der Waals surface area contributed by atoms with Gasteiger partial charge in [0, 0.05) is 19.5 Å². The number of carbonyl (C=O) groups is 2. The number of hydrogen-bond acceptors (Lipinski definition) is 2. The second kappa shape index (κ2) is 6.11. The Morgan fingerprint density at radius 1 is 1.18 bits per heavy atom. The lowest BCUT2D eigenvalue weighted by atomic mass is 9.90. The number of carbonyl (C=O) groups excluding carboxylic acids is 1. The molecule has 1 aliphatic carbocycles. The Balaban J connectivity index is 1.55. The highest BCUT2D eigenvalue weighted by Crippen LogP contribution is 2.49. The summed E-state index contributed by atoms with van der Waals surface area (Å²) >= 11 is 0. The third-order valence-electron chi connectivity index (χ3n) is 4.95. The van der Waals surface area contributed by atoms with Crippen LogP contribution in [0.25, 0.3) is 0 Å². The summed E-state index contributed by atoms with van der Waals surface area (Å²) in [7, 11) is 0. The lowest BCUT2D eigenvalue weighted by molar-refractivity contribution is -0.147. The molecule has 2 aliphatic rings. The van der Waals surface area contributed by atoms with Gasteiger partial charge in [0.2, 0.25) is 5.91 Å². The van der Waals surface area contributed by atoms with Gasteiger partial charge in [-0.25, -0.2) is 0 Å². The maximum Gasteiger partial charge on any atom is 0.308 e. The van der Waals surface area contributed by atoms with Crippen LogP contribution >= 0.6 is 0 Å². The van der Waals surface area contributed by atoms with E-state index < -0.39 is 11.9 Å². The van der Waals surface area contributed by atoms with Gasteiger partial charge in [0.1, 0.15) is 0 Å². The third kappa shape index (κ3) is 3.32. The molecule has 0 aromatic heterocycles. The van der Waals surface area contributed by atoms with Gasteiger partial charge in [0.05, 0.1) is 5.92 Å². The number of carboxylic acids is 1. The predicted molar refractivity (Wildman–Crippen MR) is 83.4 cm³/mol. The van der Waals surface area contributed by atoms with Crippen molar-refractivity contribution in [2.45, 2.75) is 32.1 Å². The molecule has 4 atom stereocenters. The first-order chi connectivity index (χ1) is 10.5. The molecule has 1 aliphatic heterocycles. The molecule has 4 heteroatoms. The zero-order valence-electron chi connectivity index (χ0n) is 12.9. The fraction of sp³-hybridized carbons (Fsp3) is 0.556. The molecule has 4 nitrogen and oxygen atoms in total. The van der Waals surface area contributed by atoms with Crippen molar-refractivity contribution in [2.75, 3.05) is 13.1 Å². The fourth-order valence-electron chi connectivity index (χ4n) is 3.67. The Labute approximate surface area is 131 Å². The maximum absolute atomic E-state index is 12.5. The van der Waals surface area contributed by atoms with Crippen LogP contribution in [0, 0.1) is 17.8 Å². The van der Waals surface area contributed by atoms with Crippen LogP contribution in [0.1, 0.15) is 37.7 Å². The van der Waals surface area contributed by atoms with Gasteiger partial charge in [-0.05, 0) is 36.2 Å². The standard InChI is InChI=1S/C18H23NO3/c1-12-7-15(18(21)22)11-19(10-12)17(20)9-14-8-16(14)13-5-3-2-4-6-13/h2-6,12,14-16H,7-11H2,1H3,(H,21,22)/t12?,14-,15?,16-/m0/s1. The highest BCUT2D eigenvalue weighted by Gasteiger charge is 2.41. The van der Waals surface area contributed by atoms with E-state index in [0.717, 1.165) is 6.42 Å². The van der Waals surface area contributed by atoms with Gasteiger partial charge in [-0.1, -0.05) is 37.3 Å². The zero-order valence-corrected chi connectivity index (χ0v) is 12.9. The molecular formula is C18H23NO3. The highest BCUT2D eigenvalue weighted by atomic mass is 16.4. The quantitative estimate of drug-likeness (QED) is 0.930. The first-order valence-corrected chi connectivity index (χ1v) is 8.10. The number of rotatable bonds is 4. The predicted octanol–water partition coefficient (Wildman–Crippen LogP) is 2.75. The first-order valence-electron chi connectivity index (χ1n) is 8.10. The molecule has 1 N–H and O–H groups in total. The van der Waals surface area contributed by atoms with E-state index in [9.17, 15) is 14.7 Å². The fourth-order valence-corrected chi connectivity index (χ4v) is 3.67. The highest BCUT2D eigenvalue weighted by molar-refractivity contribution is 5.78. The molecule has 3 rings (SSSR count). The monoisotopic (exact) mass is 301 g/mol. The second-order valence-electron chi connectivity index (χ2n) is 6.89. The molecule has 1 saturated carbocycles. The van der Waals surface area contributed by atoms with Crippen LogP contribution in [0.3, 0.4) is 0 Å². The molecular weight excluding hydrogens is 278 g/mol. The molecule has 2 unspecified atom stereocenters. The minimum Gasteiger partial charge on any atom is -0.481 e. The van der Waals surface area contributed by atoms with Crippen molar-refractivity contribution in [1.29, 1.82) is 0 Å². The van der Waals surface area contributed by atoms with Gasteiger partial charge in [-0.2, -0.15) is 0 Å². The van der Waals surface area contributed by atoms with E-state index in [0.29, 0.717) is 37.8 Å². The smallest absolute Gasteiger partial charge is 0.308 e. The summed E-state index contributed by atoms with van der Waals surface area (Å²) in [5, 5.41) is 9.20. The Morgan fingerprint density at radius 2 is 1.91 bits per heavy atom. The summed E-state index contributed by atoms with van der Waals surface area (Å²) in [5.41, 5.74) is 1.32. The normalized spacial score (nSPS) is 30.9. The van der Waals surface area contributed by atoms with E-state index in [1.54, 1.807) is 4.90 Å². The first kappa shape index (κ1) is 15.1. The summed E-state index contributed by atoms with van der Waals surface area (Å²) in [6.07, 6.45) is 2.30. The molecule has 1 heterocycles. The van der Waals surface area contributed by atoms with E-state index in [1.807, 2.05) is 25.1 Å². The van der Waals surface area contributed by atoms with Gasteiger partial charge in [0.25, 0.3) is 0 Å². The number of benzene rings is 1. The van der Waals surface area contributed by atoms with Crippen molar-refractivity contribution in [3.05, 3.63) is 35.9 Å². The minimum absolute atomic E-state index is 0.126. The van der Waals surface area contributed by atoms with Crippen LogP contribution in [0.4, 0.5) is 0 Å².